The Kier molecular flexibility index (Phi) is 8.33. The molecule has 2 aromatic carbocycles. The van der Waals surface area contributed by atoms with Crippen molar-refractivity contribution in [2.45, 2.75) is 148 Å². The van der Waals surface area contributed by atoms with Crippen molar-refractivity contribution in [2.24, 2.45) is 51.2 Å². The summed E-state index contributed by atoms with van der Waals surface area (Å²) in [5.41, 5.74) is 10.5. The first-order valence-corrected chi connectivity index (χ1v) is 21.4. The number of ketones is 2. The standard InChI is InChI=1S/C48H63NO5/c1-27(23-37(51)43-47(6,54-43)34-16-9-15-32(34)28-11-7-13-30(49)24-28)40-35-18-19-39-45(4)26-33(29-12-8-14-31(50)25-29)42(53)44(2,3)38(45)20-22-48(39)21-10-17-36(41(40)52)46(35,48)5/h7-8,11-14,24-25,27,32-34,36-39,43,50-51H,9-10,15-23,26,49H2,1-6H3/t27-,32-,33+,34+,36-,37-,38+,39-,43-,45-,46-,47-,48+/m1/s1. The molecule has 9 rings (SSSR count). The summed E-state index contributed by atoms with van der Waals surface area (Å²) in [7, 11) is 0. The Morgan fingerprint density at radius 1 is 0.889 bits per heavy atom. The summed E-state index contributed by atoms with van der Waals surface area (Å²) in [6.07, 6.45) is 11.1. The summed E-state index contributed by atoms with van der Waals surface area (Å²) in [5, 5.41) is 22.3. The third kappa shape index (κ3) is 4.90. The van der Waals surface area contributed by atoms with Crippen LogP contribution < -0.4 is 5.73 Å². The van der Waals surface area contributed by atoms with Gasteiger partial charge in [-0.1, -0.05) is 77.3 Å². The normalized spacial score (nSPS) is 43.3. The average molecular weight is 734 g/mol. The molecule has 6 fully saturated rings. The number of aromatic hydroxyl groups is 1. The number of nitrogens with two attached hydrogens (primary N) is 1. The maximum absolute atomic E-state index is 14.9. The van der Waals surface area contributed by atoms with Gasteiger partial charge in [-0.25, -0.2) is 0 Å². The highest BCUT2D eigenvalue weighted by Gasteiger charge is 2.73. The topological polar surface area (TPSA) is 113 Å². The van der Waals surface area contributed by atoms with E-state index in [2.05, 4.69) is 53.7 Å². The van der Waals surface area contributed by atoms with Crippen molar-refractivity contribution in [3.05, 3.63) is 70.8 Å². The molecule has 6 aliphatic carbocycles. The number of anilines is 1. The summed E-state index contributed by atoms with van der Waals surface area (Å²) in [5.74, 6) is 2.03. The fourth-order valence-corrected chi connectivity index (χ4v) is 15.6. The van der Waals surface area contributed by atoms with E-state index in [1.165, 1.54) is 11.1 Å². The van der Waals surface area contributed by atoms with Crippen molar-refractivity contribution in [1.82, 2.24) is 0 Å². The zero-order chi connectivity index (χ0) is 38.2. The van der Waals surface area contributed by atoms with Crippen LogP contribution in [0.1, 0.15) is 142 Å². The minimum absolute atomic E-state index is 0.00103. The number of phenolic OH excluding ortho intramolecular Hbond substituents is 1. The molecule has 0 radical (unpaired) electrons. The number of nitrogen functional groups attached to an aromatic ring is 1. The van der Waals surface area contributed by atoms with Crippen LogP contribution in [0.2, 0.25) is 0 Å². The summed E-state index contributed by atoms with van der Waals surface area (Å²) >= 11 is 0. The Morgan fingerprint density at radius 3 is 2.41 bits per heavy atom. The fraction of sp³-hybridized carbons (Fsp3) is 0.667. The van der Waals surface area contributed by atoms with Gasteiger partial charge in [-0.2, -0.15) is 0 Å². The van der Waals surface area contributed by atoms with Gasteiger partial charge in [0.05, 0.1) is 11.7 Å². The number of hydrogen-bond donors (Lipinski definition) is 3. The first kappa shape index (κ1) is 36.7. The number of benzene rings is 2. The number of aliphatic hydroxyl groups excluding tert-OH is 1. The van der Waals surface area contributed by atoms with Crippen molar-refractivity contribution in [2.75, 3.05) is 5.73 Å². The molecule has 1 aliphatic heterocycles. The summed E-state index contributed by atoms with van der Waals surface area (Å²) in [6.45, 7) is 13.7. The first-order valence-electron chi connectivity index (χ1n) is 21.4. The van der Waals surface area contributed by atoms with E-state index < -0.39 is 11.5 Å². The van der Waals surface area contributed by atoms with Gasteiger partial charge >= 0.3 is 0 Å². The fourth-order valence-electron chi connectivity index (χ4n) is 15.6. The molecule has 0 unspecified atom stereocenters. The predicted octanol–water partition coefficient (Wildman–Crippen LogP) is 9.68. The summed E-state index contributed by atoms with van der Waals surface area (Å²) in [4.78, 5) is 29.2. The Hall–Kier alpha value is -2.96. The molecule has 4 N–H and O–H groups in total. The van der Waals surface area contributed by atoms with E-state index in [1.807, 2.05) is 24.3 Å². The molecular formula is C48H63NO5. The first-order chi connectivity index (χ1) is 25.6. The van der Waals surface area contributed by atoms with Crippen LogP contribution in [0.15, 0.2) is 59.7 Å². The highest BCUT2D eigenvalue weighted by molar-refractivity contribution is 6.02. The molecule has 290 valence electrons. The van der Waals surface area contributed by atoms with E-state index in [9.17, 15) is 19.8 Å². The Balaban J connectivity index is 1.000. The Labute approximate surface area is 322 Å². The van der Waals surface area contributed by atoms with E-state index in [0.29, 0.717) is 35.7 Å². The van der Waals surface area contributed by atoms with Crippen molar-refractivity contribution in [3.63, 3.8) is 0 Å². The van der Waals surface area contributed by atoms with E-state index >= 15 is 0 Å². The molecular weight excluding hydrogens is 671 g/mol. The number of aliphatic hydroxyl groups is 1. The highest BCUT2D eigenvalue weighted by Crippen LogP contribution is 2.78. The maximum atomic E-state index is 14.9. The molecule has 6 nitrogen and oxygen atoms in total. The minimum Gasteiger partial charge on any atom is -0.508 e. The zero-order valence-electron chi connectivity index (χ0n) is 33.5. The number of Topliss-reactive ketones (excluding diaryl/α,β-unsaturated/α-hetero) is 2. The lowest BCUT2D eigenvalue weighted by molar-refractivity contribution is -0.206. The van der Waals surface area contributed by atoms with Crippen molar-refractivity contribution in [3.8, 4) is 5.75 Å². The van der Waals surface area contributed by atoms with Crippen molar-refractivity contribution >= 4 is 17.3 Å². The van der Waals surface area contributed by atoms with Crippen molar-refractivity contribution < 1.29 is 24.5 Å². The van der Waals surface area contributed by atoms with Gasteiger partial charge in [0, 0.05) is 28.4 Å². The second kappa shape index (κ2) is 12.3. The zero-order valence-corrected chi connectivity index (χ0v) is 33.5. The smallest absolute Gasteiger partial charge is 0.163 e. The van der Waals surface area contributed by atoms with Crippen LogP contribution in [0.5, 0.6) is 5.75 Å². The number of epoxide rings is 1. The summed E-state index contributed by atoms with van der Waals surface area (Å²) < 4.78 is 6.50. The molecule has 1 spiro atoms. The van der Waals surface area contributed by atoms with Crippen LogP contribution in [0.3, 0.4) is 0 Å². The lowest BCUT2D eigenvalue weighted by Crippen LogP contribution is -2.66. The largest absolute Gasteiger partial charge is 0.508 e. The number of rotatable bonds is 7. The molecule has 1 saturated heterocycles. The van der Waals surface area contributed by atoms with E-state index in [1.54, 1.807) is 12.1 Å². The molecule has 0 aromatic heterocycles. The molecule has 0 bridgehead atoms. The highest BCUT2D eigenvalue weighted by atomic mass is 16.6. The number of fused-ring (bicyclic) bond motifs is 2. The van der Waals surface area contributed by atoms with Gasteiger partial charge in [-0.3, -0.25) is 9.59 Å². The lowest BCUT2D eigenvalue weighted by Gasteiger charge is -2.71. The van der Waals surface area contributed by atoms with Crippen LogP contribution in [-0.2, 0) is 14.3 Å². The number of phenols is 1. The SMILES string of the molecule is C[C@H](C[C@@H](O)[C@H]1O[C@]1(C)[C@H]1CCC[C@@H]1c1cccc(N)c1)C1=C2CC[C@@H]3[C@]4(C)C[C@@H](c5cccc(O)c5)C(=O)C(C)(C)[C@@H]4CC[C@@]34CCC[C@H](C1=O)[C@@]24C. The molecule has 7 aliphatic rings. The van der Waals surface area contributed by atoms with Gasteiger partial charge in [0.25, 0.3) is 0 Å². The Bertz CT molecular complexity index is 1920. The number of ether oxygens (including phenoxy) is 1. The monoisotopic (exact) mass is 733 g/mol. The second-order valence-electron chi connectivity index (χ2n) is 20.4. The number of carbonyl (C=O) groups is 2. The molecule has 0 amide bonds. The van der Waals surface area contributed by atoms with Crippen LogP contribution in [0.4, 0.5) is 5.69 Å². The van der Waals surface area contributed by atoms with E-state index in [0.717, 1.165) is 87.5 Å². The van der Waals surface area contributed by atoms with E-state index in [-0.39, 0.29) is 57.4 Å². The van der Waals surface area contributed by atoms with Gasteiger partial charge in [-0.05, 0) is 153 Å². The van der Waals surface area contributed by atoms with Crippen LogP contribution >= 0.6 is 0 Å². The molecule has 5 saturated carbocycles. The Morgan fingerprint density at radius 2 is 1.65 bits per heavy atom. The molecule has 54 heavy (non-hydrogen) atoms. The third-order valence-corrected chi connectivity index (χ3v) is 17.9. The predicted molar refractivity (Wildman–Crippen MR) is 212 cm³/mol. The summed E-state index contributed by atoms with van der Waals surface area (Å²) in [6, 6.07) is 15.7. The average Bonchev–Trinajstić information content (AvgIpc) is 3.46. The van der Waals surface area contributed by atoms with Gasteiger partial charge < -0.3 is 20.7 Å². The molecule has 2 aromatic rings. The number of hydrogen-bond acceptors (Lipinski definition) is 6. The molecule has 6 heteroatoms. The number of allylic oxidation sites excluding steroid dienone is 2. The quantitative estimate of drug-likeness (QED) is 0.193. The van der Waals surface area contributed by atoms with Gasteiger partial charge in [0.15, 0.2) is 5.78 Å². The third-order valence-electron chi connectivity index (χ3n) is 17.9. The van der Waals surface area contributed by atoms with Gasteiger partial charge in [0.2, 0.25) is 0 Å². The van der Waals surface area contributed by atoms with Crippen LogP contribution in [0, 0.1) is 51.2 Å². The second-order valence-corrected chi connectivity index (χ2v) is 20.4. The van der Waals surface area contributed by atoms with Crippen LogP contribution in [0.25, 0.3) is 0 Å². The molecule has 1 heterocycles. The lowest BCUT2D eigenvalue weighted by atomic mass is 9.32. The molecule has 13 atom stereocenters. The maximum Gasteiger partial charge on any atom is 0.163 e. The van der Waals surface area contributed by atoms with E-state index in [4.69, 9.17) is 10.5 Å². The minimum atomic E-state index is -0.626. The van der Waals surface area contributed by atoms with Crippen molar-refractivity contribution in [1.29, 1.82) is 0 Å². The van der Waals surface area contributed by atoms with Gasteiger partial charge in [-0.15, -0.1) is 0 Å². The van der Waals surface area contributed by atoms with Gasteiger partial charge in [0.1, 0.15) is 17.6 Å². The van der Waals surface area contributed by atoms with Crippen LogP contribution in [-0.4, -0.2) is 39.6 Å². The number of carbonyl (C=O) groups excluding carboxylic acids is 2.